The van der Waals surface area contributed by atoms with Crippen molar-refractivity contribution in [2.24, 2.45) is 0 Å². The van der Waals surface area contributed by atoms with Crippen LogP contribution in [0.3, 0.4) is 0 Å². The van der Waals surface area contributed by atoms with Gasteiger partial charge in [0.2, 0.25) is 0 Å². The first-order valence-electron chi connectivity index (χ1n) is 6.24. The summed E-state index contributed by atoms with van der Waals surface area (Å²) in [6.07, 6.45) is 10.6. The van der Waals surface area contributed by atoms with Crippen molar-refractivity contribution in [3.63, 3.8) is 0 Å². The van der Waals surface area contributed by atoms with Crippen LogP contribution in [-0.4, -0.2) is 21.1 Å². The lowest BCUT2D eigenvalue weighted by Gasteiger charge is -2.05. The van der Waals surface area contributed by atoms with E-state index in [-0.39, 0.29) is 0 Å². The largest absolute Gasteiger partial charge is 0.368 e. The fourth-order valence-corrected chi connectivity index (χ4v) is 1.76. The van der Waals surface area contributed by atoms with Gasteiger partial charge in [0.25, 0.3) is 0 Å². The average molecular weight is 242 g/mol. The number of rotatable bonds is 5. The minimum Gasteiger partial charge on any atom is -0.368 e. The first kappa shape index (κ1) is 12.4. The molecule has 0 aliphatic rings. The van der Waals surface area contributed by atoms with Crippen molar-refractivity contribution >= 4 is 11.3 Å². The van der Waals surface area contributed by atoms with E-state index in [9.17, 15) is 0 Å². The minimum absolute atomic E-state index is 0.416. The van der Waals surface area contributed by atoms with Gasteiger partial charge in [-0.2, -0.15) is 5.10 Å². The third-order valence-electron chi connectivity index (χ3n) is 2.79. The van der Waals surface area contributed by atoms with E-state index in [4.69, 9.17) is 6.42 Å². The molecule has 0 aliphatic carbocycles. The molecule has 0 atom stereocenters. The van der Waals surface area contributed by atoms with Crippen molar-refractivity contribution in [2.75, 3.05) is 11.9 Å². The van der Waals surface area contributed by atoms with Gasteiger partial charge in [0.05, 0.1) is 5.69 Å². The Morgan fingerprint density at radius 1 is 1.50 bits per heavy atom. The van der Waals surface area contributed by atoms with E-state index >= 15 is 0 Å². The Labute approximate surface area is 107 Å². The van der Waals surface area contributed by atoms with Crippen LogP contribution in [0.4, 0.5) is 5.82 Å². The second-order valence-corrected chi connectivity index (χ2v) is 4.56. The maximum absolute atomic E-state index is 5.23. The molecule has 0 bridgehead atoms. The van der Waals surface area contributed by atoms with Gasteiger partial charge in [-0.3, -0.25) is 0 Å². The predicted octanol–water partition coefficient (Wildman–Crippen LogP) is 2.68. The molecule has 0 aliphatic heterocycles. The van der Waals surface area contributed by atoms with Gasteiger partial charge in [-0.25, -0.2) is 9.50 Å². The summed E-state index contributed by atoms with van der Waals surface area (Å²) < 4.78 is 1.87. The van der Waals surface area contributed by atoms with E-state index in [2.05, 4.69) is 41.2 Å². The lowest BCUT2D eigenvalue weighted by molar-refractivity contribution is 0.786. The molecule has 2 rings (SSSR count). The van der Waals surface area contributed by atoms with Gasteiger partial charge >= 0.3 is 0 Å². The van der Waals surface area contributed by atoms with Crippen LogP contribution in [0, 0.1) is 12.3 Å². The molecule has 1 N–H and O–H groups in total. The molecule has 4 heteroatoms. The van der Waals surface area contributed by atoms with Crippen molar-refractivity contribution < 1.29 is 0 Å². The lowest BCUT2D eigenvalue weighted by atomic mass is 10.1. The fourth-order valence-electron chi connectivity index (χ4n) is 1.76. The molecule has 0 fully saturated rings. The molecule has 4 nitrogen and oxygen atoms in total. The molecule has 18 heavy (non-hydrogen) atoms. The van der Waals surface area contributed by atoms with Crippen molar-refractivity contribution in [2.45, 2.75) is 32.6 Å². The zero-order chi connectivity index (χ0) is 13.0. The van der Waals surface area contributed by atoms with Crippen LogP contribution < -0.4 is 5.32 Å². The van der Waals surface area contributed by atoms with E-state index in [0.29, 0.717) is 5.92 Å². The lowest BCUT2D eigenvalue weighted by Crippen LogP contribution is -2.04. The van der Waals surface area contributed by atoms with Crippen LogP contribution in [0.5, 0.6) is 0 Å². The highest BCUT2D eigenvalue weighted by molar-refractivity contribution is 5.67. The Morgan fingerprint density at radius 3 is 3.06 bits per heavy atom. The molecule has 0 saturated heterocycles. The van der Waals surface area contributed by atoms with Gasteiger partial charge in [0.1, 0.15) is 5.52 Å². The maximum Gasteiger partial charge on any atom is 0.152 e. The molecule has 0 aromatic carbocycles. The second kappa shape index (κ2) is 5.54. The number of terminal acetylenes is 1. The quantitative estimate of drug-likeness (QED) is 0.647. The summed E-state index contributed by atoms with van der Waals surface area (Å²) in [5, 5.41) is 7.83. The van der Waals surface area contributed by atoms with E-state index in [1.165, 1.54) is 0 Å². The van der Waals surface area contributed by atoms with Crippen molar-refractivity contribution in [3.05, 3.63) is 24.2 Å². The molecule has 0 saturated carbocycles. The first-order chi connectivity index (χ1) is 8.72. The monoisotopic (exact) mass is 242 g/mol. The van der Waals surface area contributed by atoms with E-state index in [1.807, 2.05) is 10.7 Å². The van der Waals surface area contributed by atoms with Gasteiger partial charge < -0.3 is 5.32 Å². The molecule has 2 heterocycles. The van der Waals surface area contributed by atoms with Crippen LogP contribution in [0.25, 0.3) is 5.52 Å². The van der Waals surface area contributed by atoms with E-state index in [1.54, 1.807) is 6.20 Å². The van der Waals surface area contributed by atoms with Crippen LogP contribution in [-0.2, 0) is 0 Å². The second-order valence-electron chi connectivity index (χ2n) is 4.56. The highest BCUT2D eigenvalue weighted by Crippen LogP contribution is 2.19. The summed E-state index contributed by atoms with van der Waals surface area (Å²) in [5.41, 5.74) is 2.09. The Kier molecular flexibility index (Phi) is 3.83. The first-order valence-corrected chi connectivity index (χ1v) is 6.24. The zero-order valence-electron chi connectivity index (χ0n) is 10.8. The number of hydrogen-bond acceptors (Lipinski definition) is 3. The highest BCUT2D eigenvalue weighted by Gasteiger charge is 2.09. The maximum atomic E-state index is 5.23. The zero-order valence-corrected chi connectivity index (χ0v) is 10.8. The standard InChI is InChI=1S/C14H18N4/c1-4-5-6-7-15-14-13-10-12(11(2)3)17-18(13)9-8-16-14/h1,8-11H,5-7H2,2-3H3,(H,15,16). The molecule has 2 aromatic rings. The van der Waals surface area contributed by atoms with Crippen molar-refractivity contribution in [1.82, 2.24) is 14.6 Å². The number of aromatic nitrogens is 3. The van der Waals surface area contributed by atoms with Gasteiger partial charge in [0.15, 0.2) is 5.82 Å². The molecule has 2 aromatic heterocycles. The number of fused-ring (bicyclic) bond motifs is 1. The summed E-state index contributed by atoms with van der Waals surface area (Å²) in [7, 11) is 0. The Balaban J connectivity index is 2.20. The van der Waals surface area contributed by atoms with E-state index < -0.39 is 0 Å². The molecule has 0 spiro atoms. The summed E-state index contributed by atoms with van der Waals surface area (Å²) in [6, 6.07) is 2.08. The van der Waals surface area contributed by atoms with Crippen molar-refractivity contribution in [3.8, 4) is 12.3 Å². The van der Waals surface area contributed by atoms with Crippen LogP contribution in [0.15, 0.2) is 18.5 Å². The molecular formula is C14H18N4. The third kappa shape index (κ3) is 2.62. The topological polar surface area (TPSA) is 42.2 Å². The Bertz CT molecular complexity index is 563. The van der Waals surface area contributed by atoms with Gasteiger partial charge in [0, 0.05) is 25.4 Å². The summed E-state index contributed by atoms with van der Waals surface area (Å²) in [4.78, 5) is 4.35. The number of anilines is 1. The number of nitrogens with zero attached hydrogens (tertiary/aromatic N) is 3. The van der Waals surface area contributed by atoms with E-state index in [0.717, 1.165) is 36.4 Å². The SMILES string of the molecule is C#CCCCNc1nccn2nc(C(C)C)cc12. The molecular weight excluding hydrogens is 224 g/mol. The third-order valence-corrected chi connectivity index (χ3v) is 2.79. The minimum atomic E-state index is 0.416. The molecule has 0 amide bonds. The molecule has 94 valence electrons. The number of unbranched alkanes of at least 4 members (excludes halogenated alkanes) is 1. The summed E-state index contributed by atoms with van der Waals surface area (Å²) in [6.45, 7) is 5.10. The number of nitrogens with one attached hydrogen (secondary N) is 1. The normalized spacial score (nSPS) is 10.8. The average Bonchev–Trinajstić information content (AvgIpc) is 2.79. The fraction of sp³-hybridized carbons (Fsp3) is 0.429. The van der Waals surface area contributed by atoms with Gasteiger partial charge in [-0.05, 0) is 18.4 Å². The smallest absolute Gasteiger partial charge is 0.152 e. The summed E-state index contributed by atoms with van der Waals surface area (Å²) in [5.74, 6) is 3.92. The van der Waals surface area contributed by atoms with Crippen LogP contribution >= 0.6 is 0 Å². The predicted molar refractivity (Wildman–Crippen MR) is 73.6 cm³/mol. The summed E-state index contributed by atoms with van der Waals surface area (Å²) >= 11 is 0. The Morgan fingerprint density at radius 2 is 2.33 bits per heavy atom. The molecule has 0 unspecified atom stereocenters. The number of hydrogen-bond donors (Lipinski definition) is 1. The Hall–Kier alpha value is -2.02. The van der Waals surface area contributed by atoms with Crippen LogP contribution in [0.2, 0.25) is 0 Å². The van der Waals surface area contributed by atoms with Crippen molar-refractivity contribution in [1.29, 1.82) is 0 Å². The van der Waals surface area contributed by atoms with Crippen LogP contribution in [0.1, 0.15) is 38.3 Å². The highest BCUT2D eigenvalue weighted by atomic mass is 15.2. The molecule has 0 radical (unpaired) electrons. The van der Waals surface area contributed by atoms with Gasteiger partial charge in [-0.15, -0.1) is 12.3 Å². The van der Waals surface area contributed by atoms with Gasteiger partial charge in [-0.1, -0.05) is 13.8 Å².